The Labute approximate surface area is 310 Å². The minimum absolute atomic E-state index is 0.0116. The molecule has 0 amide bonds. The van der Waals surface area contributed by atoms with E-state index in [0.29, 0.717) is 41.9 Å². The number of aromatic hydroxyl groups is 2. The van der Waals surface area contributed by atoms with Crippen LogP contribution in [-0.2, 0) is 25.7 Å². The zero-order valence-corrected chi connectivity index (χ0v) is 33.5. The molecule has 6 heteroatoms. The summed E-state index contributed by atoms with van der Waals surface area (Å²) in [6.07, 6.45) is 22.1. The number of aromatic carboxylic acids is 1. The molecule has 6 nitrogen and oxygen atoms in total. The highest BCUT2D eigenvalue weighted by molar-refractivity contribution is 5.93. The Morgan fingerprint density at radius 1 is 0.667 bits per heavy atom. The summed E-state index contributed by atoms with van der Waals surface area (Å²) < 4.78 is 11.0. The second-order valence-electron chi connectivity index (χ2n) is 14.1. The third-order valence-corrected chi connectivity index (χ3v) is 8.96. The van der Waals surface area contributed by atoms with Crippen molar-refractivity contribution in [1.82, 2.24) is 0 Å². The Kier molecular flexibility index (Phi) is 22.2. The molecule has 2 aromatic carbocycles. The number of methoxy groups -OCH3 is 2. The van der Waals surface area contributed by atoms with Gasteiger partial charge in [0.05, 0.1) is 14.2 Å². The van der Waals surface area contributed by atoms with Crippen LogP contribution >= 0.6 is 0 Å². The summed E-state index contributed by atoms with van der Waals surface area (Å²) in [6.45, 7) is 16.9. The predicted molar refractivity (Wildman–Crippen MR) is 215 cm³/mol. The topological polar surface area (TPSA) is 96.2 Å². The van der Waals surface area contributed by atoms with Gasteiger partial charge in [-0.15, -0.1) is 0 Å². The highest BCUT2D eigenvalue weighted by Crippen LogP contribution is 2.36. The van der Waals surface area contributed by atoms with Gasteiger partial charge in [-0.25, -0.2) is 4.79 Å². The van der Waals surface area contributed by atoms with Crippen LogP contribution in [0.3, 0.4) is 0 Å². The summed E-state index contributed by atoms with van der Waals surface area (Å²) in [7, 11) is 3.24. The molecule has 0 bridgehead atoms. The van der Waals surface area contributed by atoms with Gasteiger partial charge in [0.2, 0.25) is 0 Å². The first-order valence-corrected chi connectivity index (χ1v) is 18.9. The van der Waals surface area contributed by atoms with Gasteiger partial charge in [0.1, 0.15) is 28.6 Å². The van der Waals surface area contributed by atoms with Crippen LogP contribution in [0.1, 0.15) is 152 Å². The van der Waals surface area contributed by atoms with Crippen molar-refractivity contribution in [3.8, 4) is 23.0 Å². The molecule has 2 aromatic rings. The molecule has 0 aromatic heterocycles. The van der Waals surface area contributed by atoms with Crippen molar-refractivity contribution >= 4 is 5.97 Å². The number of hydrogen-bond donors (Lipinski definition) is 3. The molecule has 0 saturated heterocycles. The molecule has 0 unspecified atom stereocenters. The first kappa shape index (κ1) is 45.1. The summed E-state index contributed by atoms with van der Waals surface area (Å²) in [6, 6.07) is 5.76. The van der Waals surface area contributed by atoms with Crippen molar-refractivity contribution in [1.29, 1.82) is 0 Å². The monoisotopic (exact) mass is 705 g/mol. The van der Waals surface area contributed by atoms with Crippen molar-refractivity contribution in [2.45, 2.75) is 145 Å². The van der Waals surface area contributed by atoms with Gasteiger partial charge in [0.15, 0.2) is 0 Å². The number of aryl methyl sites for hydroxylation is 2. The zero-order valence-electron chi connectivity index (χ0n) is 33.5. The lowest BCUT2D eigenvalue weighted by molar-refractivity contribution is 0.0692. The largest absolute Gasteiger partial charge is 0.508 e. The summed E-state index contributed by atoms with van der Waals surface area (Å²) in [4.78, 5) is 11.7. The maximum absolute atomic E-state index is 11.7. The molecule has 0 aliphatic rings. The van der Waals surface area contributed by atoms with Crippen molar-refractivity contribution in [3.63, 3.8) is 0 Å². The van der Waals surface area contributed by atoms with Gasteiger partial charge >= 0.3 is 5.97 Å². The Bertz CT molecular complexity index is 1480. The molecule has 3 N–H and O–H groups in total. The third-order valence-electron chi connectivity index (χ3n) is 8.96. The minimum atomic E-state index is -1.09. The molecule has 0 spiro atoms. The summed E-state index contributed by atoms with van der Waals surface area (Å²) in [5.41, 5.74) is 8.45. The number of carboxylic acids is 1. The van der Waals surface area contributed by atoms with Crippen LogP contribution in [0.25, 0.3) is 0 Å². The molecular formula is C45H68O6. The molecule has 0 saturated carbocycles. The maximum Gasteiger partial charge on any atom is 0.339 e. The van der Waals surface area contributed by atoms with E-state index >= 15 is 0 Å². The van der Waals surface area contributed by atoms with Crippen LogP contribution < -0.4 is 9.47 Å². The van der Waals surface area contributed by atoms with Crippen LogP contribution in [-0.4, -0.2) is 35.5 Å². The molecule has 0 radical (unpaired) electrons. The molecule has 0 fully saturated rings. The average molecular weight is 705 g/mol. The number of unbranched alkanes of at least 4 members (excludes halogenated alkanes) is 4. The number of ether oxygens (including phenoxy) is 2. The van der Waals surface area contributed by atoms with Gasteiger partial charge in [0, 0.05) is 11.1 Å². The SMILES string of the molecule is CCCCCc1cc(O)c(C/C=C(\C)CCC=C(C)C)c(OC)c1.CCCCCc1cc(OC)c(C/C=C(\C)CCC=C(C)C)c(O)c1C(=O)O. The number of phenols is 2. The van der Waals surface area contributed by atoms with Gasteiger partial charge in [-0.1, -0.05) is 86.1 Å². The van der Waals surface area contributed by atoms with E-state index in [2.05, 4.69) is 79.7 Å². The van der Waals surface area contributed by atoms with Gasteiger partial charge < -0.3 is 24.8 Å². The van der Waals surface area contributed by atoms with E-state index in [0.717, 1.165) is 74.7 Å². The zero-order chi connectivity index (χ0) is 38.3. The standard InChI is InChI=1S/C23H34O4.C22H34O2/c1-6-7-8-12-18-15-20(27-5)19(22(24)21(18)23(25)26)14-13-17(4)11-9-10-16(2)3;1-6-7-8-12-19-15-21(23)20(22(16-19)24-5)14-13-18(4)11-9-10-17(2)3/h10,13,15,24H,6-9,11-12,14H2,1-5H3,(H,25,26);10,13,15-16,23H,6-9,11-12,14H2,1-5H3/b17-13+;18-13+. The molecule has 0 aliphatic heterocycles. The quantitative estimate of drug-likeness (QED) is 0.0884. The lowest BCUT2D eigenvalue weighted by Gasteiger charge is -2.16. The maximum atomic E-state index is 11.7. The number of carboxylic acid groups (broad SMARTS) is 1. The molecule has 2 rings (SSSR count). The van der Waals surface area contributed by atoms with E-state index in [1.54, 1.807) is 20.3 Å². The van der Waals surface area contributed by atoms with Crippen LogP contribution in [0.4, 0.5) is 0 Å². The van der Waals surface area contributed by atoms with Crippen LogP contribution in [0.5, 0.6) is 23.0 Å². The third kappa shape index (κ3) is 17.2. The minimum Gasteiger partial charge on any atom is -0.508 e. The molecular weight excluding hydrogens is 636 g/mol. The molecule has 284 valence electrons. The fourth-order valence-electron chi connectivity index (χ4n) is 5.85. The highest BCUT2D eigenvalue weighted by atomic mass is 16.5. The number of carbonyl (C=O) groups is 1. The van der Waals surface area contributed by atoms with Gasteiger partial charge in [-0.3, -0.25) is 0 Å². The Morgan fingerprint density at radius 2 is 1.16 bits per heavy atom. The van der Waals surface area contributed by atoms with E-state index in [4.69, 9.17) is 9.47 Å². The molecule has 51 heavy (non-hydrogen) atoms. The van der Waals surface area contributed by atoms with Gasteiger partial charge in [-0.05, 0) is 135 Å². The summed E-state index contributed by atoms with van der Waals surface area (Å²) >= 11 is 0. The van der Waals surface area contributed by atoms with Crippen LogP contribution in [0.15, 0.2) is 64.8 Å². The Hall–Kier alpha value is -3.93. The number of rotatable bonds is 21. The van der Waals surface area contributed by atoms with Gasteiger partial charge in [-0.2, -0.15) is 0 Å². The lowest BCUT2D eigenvalue weighted by Crippen LogP contribution is -2.07. The van der Waals surface area contributed by atoms with E-state index in [1.165, 1.54) is 35.1 Å². The first-order chi connectivity index (χ1) is 24.3. The Balaban J connectivity index is 0.000000514. The summed E-state index contributed by atoms with van der Waals surface area (Å²) in [5.74, 6) is 0.454. The first-order valence-electron chi connectivity index (χ1n) is 18.9. The van der Waals surface area contributed by atoms with E-state index < -0.39 is 5.97 Å². The highest BCUT2D eigenvalue weighted by Gasteiger charge is 2.22. The smallest absolute Gasteiger partial charge is 0.339 e. The van der Waals surface area contributed by atoms with Crippen molar-refractivity contribution in [2.75, 3.05) is 14.2 Å². The van der Waals surface area contributed by atoms with Crippen LogP contribution in [0, 0.1) is 0 Å². The Morgan fingerprint density at radius 3 is 1.63 bits per heavy atom. The van der Waals surface area contributed by atoms with Crippen LogP contribution in [0.2, 0.25) is 0 Å². The molecule has 0 heterocycles. The van der Waals surface area contributed by atoms with Gasteiger partial charge in [0.25, 0.3) is 0 Å². The number of benzene rings is 2. The van der Waals surface area contributed by atoms with E-state index in [1.807, 2.05) is 12.1 Å². The second kappa shape index (κ2) is 25.1. The fourth-order valence-corrected chi connectivity index (χ4v) is 5.85. The number of allylic oxidation sites excluding steroid dienone is 8. The molecule has 0 atom stereocenters. The van der Waals surface area contributed by atoms with E-state index in [-0.39, 0.29) is 11.3 Å². The molecule has 0 aliphatic carbocycles. The van der Waals surface area contributed by atoms with E-state index in [9.17, 15) is 20.1 Å². The number of phenolic OH excluding ortho intramolecular Hbond substituents is 1. The predicted octanol–water partition coefficient (Wildman–Crippen LogP) is 12.4. The van der Waals surface area contributed by atoms with Crippen molar-refractivity contribution in [2.24, 2.45) is 0 Å². The lowest BCUT2D eigenvalue weighted by atomic mass is 9.94. The van der Waals surface area contributed by atoms with Crippen molar-refractivity contribution < 1.29 is 29.6 Å². The number of hydrogen-bond acceptors (Lipinski definition) is 5. The average Bonchev–Trinajstić information content (AvgIpc) is 3.06. The summed E-state index contributed by atoms with van der Waals surface area (Å²) in [5, 5.41) is 30.7. The van der Waals surface area contributed by atoms with Crippen molar-refractivity contribution in [3.05, 3.63) is 92.6 Å². The fraction of sp³-hybridized carbons (Fsp3) is 0.533. The normalized spacial score (nSPS) is 11.4. The second-order valence-corrected chi connectivity index (χ2v) is 14.1.